The molecule has 0 spiro atoms. The first-order valence-electron chi connectivity index (χ1n) is 5.21. The molecule has 0 aromatic heterocycles. The van der Waals surface area contributed by atoms with Gasteiger partial charge >= 0.3 is 0 Å². The summed E-state index contributed by atoms with van der Waals surface area (Å²) in [6.07, 6.45) is 0. The molecule has 2 aromatic rings. The second kappa shape index (κ2) is 4.05. The average molecular weight is 231 g/mol. The van der Waals surface area contributed by atoms with Gasteiger partial charge in [0.05, 0.1) is 12.7 Å². The van der Waals surface area contributed by atoms with E-state index < -0.39 is 10.9 Å². The van der Waals surface area contributed by atoms with E-state index in [2.05, 4.69) is 0 Å². The molecule has 2 rings (SSSR count). The second-order valence-electron chi connectivity index (χ2n) is 4.00. The highest BCUT2D eigenvalue weighted by Gasteiger charge is 2.23. The Labute approximate surface area is 98.8 Å². The maximum atomic E-state index is 11.6. The number of rotatable bonds is 3. The van der Waals surface area contributed by atoms with E-state index >= 15 is 0 Å². The lowest BCUT2D eigenvalue weighted by Gasteiger charge is -2.18. The monoisotopic (exact) mass is 231 g/mol. The Morgan fingerprint density at radius 3 is 2.06 bits per heavy atom. The Hall–Kier alpha value is -2.10. The van der Waals surface area contributed by atoms with Crippen molar-refractivity contribution in [1.82, 2.24) is 0 Å². The number of hydrogen-bond donors (Lipinski definition) is 0. The molecule has 17 heavy (non-hydrogen) atoms. The van der Waals surface area contributed by atoms with Gasteiger partial charge in [-0.25, -0.2) is 0 Å². The van der Waals surface area contributed by atoms with Gasteiger partial charge in [-0.1, -0.05) is 12.1 Å². The van der Waals surface area contributed by atoms with Gasteiger partial charge in [-0.3, -0.25) is 9.59 Å². The van der Waals surface area contributed by atoms with Crippen molar-refractivity contribution < 1.29 is 4.74 Å². The summed E-state index contributed by atoms with van der Waals surface area (Å²) in [4.78, 5) is 24.7. The topological polar surface area (TPSA) is 46.6 Å². The number of methoxy groups -OCH3 is 1. The predicted molar refractivity (Wildman–Crippen MR) is 67.7 cm³/mol. The van der Waals surface area contributed by atoms with Crippen molar-refractivity contribution in [3.8, 4) is 16.9 Å². The van der Waals surface area contributed by atoms with Crippen LogP contribution in [0.1, 0.15) is 0 Å². The number of benzene rings is 1. The maximum absolute atomic E-state index is 11.6. The average Bonchev–Trinajstić information content (AvgIpc) is 2.34. The zero-order valence-electron chi connectivity index (χ0n) is 9.98. The van der Waals surface area contributed by atoms with Crippen LogP contribution in [0.2, 0.25) is 0 Å². The minimum atomic E-state index is -0.418. The minimum Gasteiger partial charge on any atom is -0.497 e. The van der Waals surface area contributed by atoms with E-state index in [0.29, 0.717) is 11.3 Å². The zero-order chi connectivity index (χ0) is 12.6. The zero-order valence-corrected chi connectivity index (χ0v) is 9.98. The number of ether oxygens (including phenoxy) is 1. The lowest BCUT2D eigenvalue weighted by molar-refractivity contribution is 0.415. The Balaban J connectivity index is 2.50. The molecule has 4 nitrogen and oxygen atoms in total. The molecule has 0 bridgehead atoms. The van der Waals surface area contributed by atoms with E-state index in [1.165, 1.54) is 0 Å². The third-order valence-corrected chi connectivity index (χ3v) is 2.71. The second-order valence-corrected chi connectivity index (χ2v) is 4.00. The molecule has 0 aliphatic rings. The van der Waals surface area contributed by atoms with E-state index in [0.717, 1.165) is 11.3 Å². The third-order valence-electron chi connectivity index (χ3n) is 2.71. The normalized spacial score (nSPS) is 10.5. The van der Waals surface area contributed by atoms with Crippen molar-refractivity contribution in [3.63, 3.8) is 0 Å². The summed E-state index contributed by atoms with van der Waals surface area (Å²) in [5.41, 5.74) is 0.876. The number of nitrogens with zero attached hydrogens (tertiary/aromatic N) is 1. The highest BCUT2D eigenvalue weighted by Crippen LogP contribution is 2.26. The van der Waals surface area contributed by atoms with Crippen LogP contribution >= 0.6 is 0 Å². The van der Waals surface area contributed by atoms with Crippen molar-refractivity contribution in [2.75, 3.05) is 26.1 Å². The molecule has 2 aromatic carbocycles. The molecule has 88 valence electrons. The first-order chi connectivity index (χ1) is 8.06. The van der Waals surface area contributed by atoms with Crippen molar-refractivity contribution in [1.29, 1.82) is 0 Å². The highest BCUT2D eigenvalue weighted by atomic mass is 16.5. The quantitative estimate of drug-likeness (QED) is 0.740. The van der Waals surface area contributed by atoms with Gasteiger partial charge in [0.1, 0.15) is 11.4 Å². The fourth-order valence-corrected chi connectivity index (χ4v) is 1.83. The van der Waals surface area contributed by atoms with Gasteiger partial charge in [-0.2, -0.15) is 0 Å². The molecule has 0 unspecified atom stereocenters. The van der Waals surface area contributed by atoms with Crippen molar-refractivity contribution in [2.45, 2.75) is 0 Å². The van der Waals surface area contributed by atoms with Crippen molar-refractivity contribution in [3.05, 3.63) is 44.7 Å². The van der Waals surface area contributed by atoms with Gasteiger partial charge in [0.15, 0.2) is 0 Å². The van der Waals surface area contributed by atoms with Gasteiger partial charge in [0.25, 0.3) is 0 Å². The molecule has 0 N–H and O–H groups in total. The molecule has 0 heterocycles. The Kier molecular flexibility index (Phi) is 2.71. The van der Waals surface area contributed by atoms with Crippen LogP contribution in [0, 0.1) is 0 Å². The molecule has 0 fully saturated rings. The summed E-state index contributed by atoms with van der Waals surface area (Å²) in [6.45, 7) is 0. The van der Waals surface area contributed by atoms with E-state index in [1.54, 1.807) is 50.4 Å². The fourth-order valence-electron chi connectivity index (χ4n) is 1.83. The van der Waals surface area contributed by atoms with Crippen LogP contribution in [-0.4, -0.2) is 21.2 Å². The molecule has 0 aliphatic heterocycles. The third kappa shape index (κ3) is 1.71. The van der Waals surface area contributed by atoms with Crippen molar-refractivity contribution in [2.24, 2.45) is 0 Å². The van der Waals surface area contributed by atoms with Gasteiger partial charge < -0.3 is 9.64 Å². The number of hydrogen-bond acceptors (Lipinski definition) is 4. The van der Waals surface area contributed by atoms with E-state index in [4.69, 9.17) is 4.74 Å². The molecule has 4 heteroatoms. The Morgan fingerprint density at radius 2 is 1.59 bits per heavy atom. The lowest BCUT2D eigenvalue weighted by Crippen LogP contribution is -2.39. The molecule has 0 saturated carbocycles. The van der Waals surface area contributed by atoms with Crippen LogP contribution < -0.4 is 20.5 Å². The highest BCUT2D eigenvalue weighted by molar-refractivity contribution is 5.82. The Morgan fingerprint density at radius 1 is 1.00 bits per heavy atom. The van der Waals surface area contributed by atoms with E-state index in [-0.39, 0.29) is 0 Å². The molecule has 0 aliphatic carbocycles. The summed E-state index contributed by atoms with van der Waals surface area (Å²) in [5, 5.41) is 0. The molecule has 0 radical (unpaired) electrons. The largest absolute Gasteiger partial charge is 0.497 e. The summed E-state index contributed by atoms with van der Waals surface area (Å²) in [7, 11) is 5.09. The molecule has 0 saturated heterocycles. The van der Waals surface area contributed by atoms with E-state index in [9.17, 15) is 9.59 Å². The van der Waals surface area contributed by atoms with Crippen LogP contribution in [0.3, 0.4) is 0 Å². The molecule has 0 amide bonds. The van der Waals surface area contributed by atoms with E-state index in [1.807, 2.05) is 0 Å². The minimum absolute atomic E-state index is 0.416. The lowest BCUT2D eigenvalue weighted by atomic mass is 9.98. The first kappa shape index (κ1) is 11.4. The fraction of sp³-hybridized carbons (Fsp3) is 0.231. The van der Waals surface area contributed by atoms with Crippen LogP contribution in [-0.2, 0) is 0 Å². The van der Waals surface area contributed by atoms with Crippen molar-refractivity contribution >= 4 is 5.69 Å². The molecular weight excluding hydrogens is 218 g/mol. The van der Waals surface area contributed by atoms with Crippen LogP contribution in [0.4, 0.5) is 5.69 Å². The van der Waals surface area contributed by atoms with Gasteiger partial charge in [0, 0.05) is 14.1 Å². The summed E-state index contributed by atoms with van der Waals surface area (Å²) >= 11 is 0. The Bertz CT molecular complexity index is 604. The summed E-state index contributed by atoms with van der Waals surface area (Å²) in [6, 6.07) is 7.10. The molecule has 0 atom stereocenters. The maximum Gasteiger partial charge on any atom is 0.250 e. The summed E-state index contributed by atoms with van der Waals surface area (Å²) < 4.78 is 5.04. The SMILES string of the molecule is COc1ccc(-c2c(N(C)C)c(=O)c2=O)cc1. The standard InChI is InChI=1S/C13H13NO3/c1-14(2)11-10(12(15)13(11)16)8-4-6-9(17-3)7-5-8/h4-7H,1-3H3. The summed E-state index contributed by atoms with van der Waals surface area (Å²) in [5.74, 6) is 0.721. The van der Waals surface area contributed by atoms with Crippen LogP contribution in [0.15, 0.2) is 33.9 Å². The van der Waals surface area contributed by atoms with Crippen LogP contribution in [0.5, 0.6) is 5.75 Å². The van der Waals surface area contributed by atoms with Crippen LogP contribution in [0.25, 0.3) is 11.1 Å². The van der Waals surface area contributed by atoms with Gasteiger partial charge in [-0.05, 0) is 17.7 Å². The molecular formula is C13H13NO3. The number of anilines is 1. The predicted octanol–water partition coefficient (Wildman–Crippen LogP) is 1.02. The smallest absolute Gasteiger partial charge is 0.250 e. The van der Waals surface area contributed by atoms with Gasteiger partial charge in [-0.15, -0.1) is 0 Å². The first-order valence-corrected chi connectivity index (χ1v) is 5.21. The van der Waals surface area contributed by atoms with Gasteiger partial charge in [0.2, 0.25) is 10.9 Å².